The molecule has 2 nitrogen and oxygen atoms in total. The van der Waals surface area contributed by atoms with E-state index in [-0.39, 0.29) is 0 Å². The summed E-state index contributed by atoms with van der Waals surface area (Å²) in [6, 6.07) is 0. The third kappa shape index (κ3) is 20.2. The summed E-state index contributed by atoms with van der Waals surface area (Å²) in [4.78, 5) is 10.2. The molecule has 1 N–H and O–H groups in total. The number of carboxylic acid groups (broad SMARTS) is 1. The zero-order valence-electron chi connectivity index (χ0n) is 15.2. The summed E-state index contributed by atoms with van der Waals surface area (Å²) >= 11 is 0. The molecule has 0 aliphatic rings. The number of hydrogen-bond donors (Lipinski definition) is 1. The van der Waals surface area contributed by atoms with Crippen molar-refractivity contribution in [3.63, 3.8) is 0 Å². The Morgan fingerprint density at radius 3 is 1.67 bits per heavy atom. The third-order valence-corrected chi connectivity index (χ3v) is 3.63. The smallest absolute Gasteiger partial charge is 0.328 e. The third-order valence-electron chi connectivity index (χ3n) is 3.63. The first-order valence-corrected chi connectivity index (χ1v) is 9.33. The molecule has 134 valence electrons. The van der Waals surface area contributed by atoms with E-state index in [0.717, 1.165) is 12.5 Å². The van der Waals surface area contributed by atoms with Crippen LogP contribution in [0.1, 0.15) is 71.1 Å². The van der Waals surface area contributed by atoms with Gasteiger partial charge in [0, 0.05) is 6.08 Å². The van der Waals surface area contributed by atoms with Crippen molar-refractivity contribution in [1.82, 2.24) is 0 Å². The van der Waals surface area contributed by atoms with Crippen LogP contribution in [0.15, 0.2) is 60.8 Å². The van der Waals surface area contributed by atoms with Crippen LogP contribution in [0.5, 0.6) is 0 Å². The highest BCUT2D eigenvalue weighted by Gasteiger charge is 1.90. The lowest BCUT2D eigenvalue weighted by Gasteiger charge is -2.00. The largest absolute Gasteiger partial charge is 0.478 e. The van der Waals surface area contributed by atoms with Crippen molar-refractivity contribution in [2.75, 3.05) is 0 Å². The second-order valence-corrected chi connectivity index (χ2v) is 5.90. The summed E-state index contributed by atoms with van der Waals surface area (Å²) < 4.78 is 0. The number of carbonyl (C=O) groups is 1. The fourth-order valence-corrected chi connectivity index (χ4v) is 2.27. The number of aliphatic carboxylic acids is 1. The van der Waals surface area contributed by atoms with Crippen molar-refractivity contribution >= 4 is 5.97 Å². The van der Waals surface area contributed by atoms with Gasteiger partial charge in [-0.25, -0.2) is 4.79 Å². The summed E-state index contributed by atoms with van der Waals surface area (Å²) in [5.74, 6) is -0.930. The fraction of sp³-hybridized carbons (Fsp3) is 0.500. The van der Waals surface area contributed by atoms with Gasteiger partial charge in [-0.05, 0) is 12.8 Å². The first-order chi connectivity index (χ1) is 11.8. The lowest BCUT2D eigenvalue weighted by molar-refractivity contribution is -0.131. The van der Waals surface area contributed by atoms with Crippen molar-refractivity contribution in [3.05, 3.63) is 60.8 Å². The van der Waals surface area contributed by atoms with E-state index in [9.17, 15) is 4.79 Å². The molecule has 0 aliphatic heterocycles. The molecule has 0 spiro atoms. The Morgan fingerprint density at radius 2 is 1.12 bits per heavy atom. The van der Waals surface area contributed by atoms with Gasteiger partial charge in [-0.1, -0.05) is 113 Å². The molecule has 2 heteroatoms. The molecular weight excluding hydrogens is 296 g/mol. The molecule has 0 saturated heterocycles. The van der Waals surface area contributed by atoms with Crippen molar-refractivity contribution in [3.8, 4) is 0 Å². The van der Waals surface area contributed by atoms with Gasteiger partial charge < -0.3 is 5.11 Å². The molecule has 0 bridgehead atoms. The highest BCUT2D eigenvalue weighted by molar-refractivity contribution is 5.80. The summed E-state index contributed by atoms with van der Waals surface area (Å²) in [6.45, 7) is 2.26. The van der Waals surface area contributed by atoms with Gasteiger partial charge in [0.1, 0.15) is 0 Å². The van der Waals surface area contributed by atoms with E-state index in [0.29, 0.717) is 0 Å². The minimum Gasteiger partial charge on any atom is -0.478 e. The van der Waals surface area contributed by atoms with Crippen LogP contribution in [-0.4, -0.2) is 11.1 Å². The predicted octanol–water partition coefficient (Wildman–Crippen LogP) is 6.77. The molecule has 0 heterocycles. The second-order valence-electron chi connectivity index (χ2n) is 5.90. The minimum atomic E-state index is -0.930. The van der Waals surface area contributed by atoms with Crippen LogP contribution in [0.2, 0.25) is 0 Å². The van der Waals surface area contributed by atoms with Gasteiger partial charge in [-0.15, -0.1) is 0 Å². The molecule has 0 radical (unpaired) electrons. The average molecular weight is 331 g/mol. The van der Waals surface area contributed by atoms with Crippen LogP contribution in [-0.2, 0) is 4.79 Å². The first kappa shape index (κ1) is 22.2. The zero-order chi connectivity index (χ0) is 17.7. The highest BCUT2D eigenvalue weighted by atomic mass is 16.4. The lowest BCUT2D eigenvalue weighted by atomic mass is 10.1. The summed E-state index contributed by atoms with van der Waals surface area (Å²) in [5, 5.41) is 8.40. The molecule has 0 aromatic rings. The molecule has 0 unspecified atom stereocenters. The summed E-state index contributed by atoms with van der Waals surface area (Å²) in [6.07, 6.45) is 31.7. The van der Waals surface area contributed by atoms with E-state index in [4.69, 9.17) is 5.11 Å². The molecule has 24 heavy (non-hydrogen) atoms. The molecule has 0 aromatic heterocycles. The predicted molar refractivity (Wildman–Crippen MR) is 105 cm³/mol. The van der Waals surface area contributed by atoms with E-state index in [1.807, 2.05) is 24.3 Å². The fourth-order valence-electron chi connectivity index (χ4n) is 2.27. The van der Waals surface area contributed by atoms with Crippen LogP contribution < -0.4 is 0 Å². The monoisotopic (exact) mass is 330 g/mol. The zero-order valence-corrected chi connectivity index (χ0v) is 15.2. The van der Waals surface area contributed by atoms with Gasteiger partial charge >= 0.3 is 5.97 Å². The maximum Gasteiger partial charge on any atom is 0.328 e. The van der Waals surface area contributed by atoms with Gasteiger partial charge in [0.15, 0.2) is 0 Å². The maximum absolute atomic E-state index is 10.2. The Bertz CT molecular complexity index is 425. The number of allylic oxidation sites excluding steroid dienone is 9. The number of unbranched alkanes of at least 4 members (excludes halogenated alkanes) is 9. The van der Waals surface area contributed by atoms with Crippen LogP contribution >= 0.6 is 0 Å². The van der Waals surface area contributed by atoms with E-state index >= 15 is 0 Å². The van der Waals surface area contributed by atoms with E-state index in [1.54, 1.807) is 12.2 Å². The molecular formula is C22H34O2. The summed E-state index contributed by atoms with van der Waals surface area (Å²) in [5.41, 5.74) is 0. The van der Waals surface area contributed by atoms with Gasteiger partial charge in [0.05, 0.1) is 0 Å². The van der Waals surface area contributed by atoms with Gasteiger partial charge in [0.2, 0.25) is 0 Å². The van der Waals surface area contributed by atoms with E-state index < -0.39 is 5.97 Å². The molecule has 0 saturated carbocycles. The van der Waals surface area contributed by atoms with Crippen LogP contribution in [0, 0.1) is 0 Å². The normalized spacial score (nSPS) is 12.7. The van der Waals surface area contributed by atoms with Crippen molar-refractivity contribution in [2.24, 2.45) is 0 Å². The van der Waals surface area contributed by atoms with Gasteiger partial charge in [0.25, 0.3) is 0 Å². The highest BCUT2D eigenvalue weighted by Crippen LogP contribution is 2.10. The average Bonchev–Trinajstić information content (AvgIpc) is 2.56. The molecule has 0 fully saturated rings. The van der Waals surface area contributed by atoms with Crippen molar-refractivity contribution in [2.45, 2.75) is 71.1 Å². The standard InChI is InChI=1S/C22H34O2/c1-2-3-4-5-6-7-8-9-10-11-12-13-14-15-16-17-18-19-20-21-22(23)24/h12-21H,2-11H2,1H3,(H,23,24)/b13-12-,15-14+,17-16+,19-18?,21-20?. The Labute approximate surface area is 148 Å². The van der Waals surface area contributed by atoms with E-state index in [1.165, 1.54) is 63.9 Å². The SMILES string of the molecule is CCCCCCCCCCC\C=C/C=C/C=C/C=CC=CC(=O)O. The Hall–Kier alpha value is -1.83. The Kier molecular flexibility index (Phi) is 17.8. The number of carboxylic acids is 1. The molecule has 0 aliphatic carbocycles. The lowest BCUT2D eigenvalue weighted by Crippen LogP contribution is -1.84. The molecule has 0 atom stereocenters. The maximum atomic E-state index is 10.2. The Morgan fingerprint density at radius 1 is 0.667 bits per heavy atom. The van der Waals surface area contributed by atoms with Crippen molar-refractivity contribution < 1.29 is 9.90 Å². The topological polar surface area (TPSA) is 37.3 Å². The van der Waals surface area contributed by atoms with E-state index in [2.05, 4.69) is 19.1 Å². The summed E-state index contributed by atoms with van der Waals surface area (Å²) in [7, 11) is 0. The van der Waals surface area contributed by atoms with Crippen LogP contribution in [0.4, 0.5) is 0 Å². The quantitative estimate of drug-likeness (QED) is 0.204. The second kappa shape index (κ2) is 19.2. The molecule has 0 amide bonds. The number of hydrogen-bond acceptors (Lipinski definition) is 1. The molecule has 0 aromatic carbocycles. The van der Waals surface area contributed by atoms with Crippen molar-refractivity contribution in [1.29, 1.82) is 0 Å². The van der Waals surface area contributed by atoms with Gasteiger partial charge in [-0.3, -0.25) is 0 Å². The Balaban J connectivity index is 3.44. The van der Waals surface area contributed by atoms with Crippen LogP contribution in [0.3, 0.4) is 0 Å². The minimum absolute atomic E-state index is 0.930. The van der Waals surface area contributed by atoms with Crippen LogP contribution in [0.25, 0.3) is 0 Å². The first-order valence-electron chi connectivity index (χ1n) is 9.33. The number of rotatable bonds is 15. The van der Waals surface area contributed by atoms with Gasteiger partial charge in [-0.2, -0.15) is 0 Å². The molecule has 0 rings (SSSR count).